The highest BCUT2D eigenvalue weighted by atomic mass is 35.5. The van der Waals surface area contributed by atoms with Crippen LogP contribution in [0.15, 0.2) is 103 Å². The number of aromatic nitrogens is 3. The topological polar surface area (TPSA) is 115 Å². The van der Waals surface area contributed by atoms with Crippen molar-refractivity contribution in [3.8, 4) is 5.75 Å². The zero-order valence-electron chi connectivity index (χ0n) is 25.7. The Morgan fingerprint density at radius 1 is 0.979 bits per heavy atom. The van der Waals surface area contributed by atoms with Crippen molar-refractivity contribution in [1.82, 2.24) is 20.3 Å². The first-order valence-electron chi connectivity index (χ1n) is 15.3. The molecule has 0 fully saturated rings. The van der Waals surface area contributed by atoms with E-state index in [9.17, 15) is 12.8 Å². The largest absolute Gasteiger partial charge is 0.490 e. The molecule has 1 atom stereocenters. The van der Waals surface area contributed by atoms with E-state index in [0.717, 1.165) is 0 Å². The van der Waals surface area contributed by atoms with Gasteiger partial charge in [-0.2, -0.15) is 0 Å². The molecule has 1 aliphatic heterocycles. The van der Waals surface area contributed by atoms with Crippen molar-refractivity contribution in [2.24, 2.45) is 0 Å². The molecule has 0 aliphatic carbocycles. The Hall–Kier alpha value is -4.65. The number of sulfone groups is 1. The fourth-order valence-corrected chi connectivity index (χ4v) is 6.91. The van der Waals surface area contributed by atoms with E-state index in [4.69, 9.17) is 21.1 Å². The molecule has 48 heavy (non-hydrogen) atoms. The van der Waals surface area contributed by atoms with Crippen LogP contribution in [0, 0.1) is 11.6 Å². The van der Waals surface area contributed by atoms with Crippen LogP contribution in [-0.4, -0.2) is 42.2 Å². The molecule has 3 heterocycles. The minimum atomic E-state index is -3.49. The number of ether oxygens (including phenoxy) is 2. The van der Waals surface area contributed by atoms with Gasteiger partial charge < -0.3 is 20.1 Å². The third kappa shape index (κ3) is 7.73. The standard InChI is InChI=1S/C35H32ClF2N5O4S/c36-29-19-26(9-10-32(29)46-22-24-6-3-7-25(37)18-24)43-34-27-20-28(30(38)21-31(27)41-23-42-34)35(12-5-16-47-35)11-4-13-39-15-17-48(44,45)33-8-1-2-14-40-33/h1-3,5-10,14,16,18-21,23,39H,4,11-13,15,17,22H2,(H,41,42,43). The van der Waals surface area contributed by atoms with Crippen molar-refractivity contribution in [2.75, 3.05) is 24.2 Å². The molecule has 13 heteroatoms. The van der Waals surface area contributed by atoms with Crippen LogP contribution >= 0.6 is 11.6 Å². The molecule has 1 unspecified atom stereocenters. The Labute approximate surface area is 281 Å². The fraction of sp³-hybridized carbons (Fsp3) is 0.229. The molecule has 0 saturated heterocycles. The molecule has 5 aromatic rings. The summed E-state index contributed by atoms with van der Waals surface area (Å²) >= 11 is 6.51. The summed E-state index contributed by atoms with van der Waals surface area (Å²) in [7, 11) is -3.49. The van der Waals surface area contributed by atoms with E-state index in [2.05, 4.69) is 25.6 Å². The van der Waals surface area contributed by atoms with Crippen molar-refractivity contribution in [3.63, 3.8) is 0 Å². The van der Waals surface area contributed by atoms with E-state index in [1.807, 2.05) is 6.08 Å². The van der Waals surface area contributed by atoms with Crippen LogP contribution in [0.3, 0.4) is 0 Å². The quantitative estimate of drug-likeness (QED) is 0.116. The summed E-state index contributed by atoms with van der Waals surface area (Å²) in [4.78, 5) is 12.6. The summed E-state index contributed by atoms with van der Waals surface area (Å²) in [5.41, 5.74) is 1.12. The van der Waals surface area contributed by atoms with Crippen LogP contribution in [0.4, 0.5) is 20.3 Å². The zero-order chi connectivity index (χ0) is 33.6. The molecule has 0 bridgehead atoms. The lowest BCUT2D eigenvalue weighted by molar-refractivity contribution is 0.0273. The average Bonchev–Trinajstić information content (AvgIpc) is 3.56. The number of halogens is 3. The van der Waals surface area contributed by atoms with E-state index < -0.39 is 21.3 Å². The summed E-state index contributed by atoms with van der Waals surface area (Å²) in [6.07, 6.45) is 7.79. The Bertz CT molecular complexity index is 2040. The van der Waals surface area contributed by atoms with Gasteiger partial charge in [0.25, 0.3) is 0 Å². The number of hydrogen-bond acceptors (Lipinski definition) is 9. The molecular formula is C35H32ClF2N5O4S. The number of hydrogen-bond donors (Lipinski definition) is 2. The van der Waals surface area contributed by atoms with Gasteiger partial charge in [-0.3, -0.25) is 0 Å². The normalized spacial score (nSPS) is 15.8. The van der Waals surface area contributed by atoms with Gasteiger partial charge in [0.2, 0.25) is 0 Å². The molecule has 6 rings (SSSR count). The maximum atomic E-state index is 15.7. The van der Waals surface area contributed by atoms with E-state index in [-0.39, 0.29) is 29.7 Å². The first kappa shape index (κ1) is 33.3. The molecule has 9 nitrogen and oxygen atoms in total. The van der Waals surface area contributed by atoms with Gasteiger partial charge in [0.1, 0.15) is 41.7 Å². The van der Waals surface area contributed by atoms with Crippen LogP contribution in [-0.2, 0) is 26.8 Å². The maximum Gasteiger partial charge on any atom is 0.196 e. The molecule has 1 aliphatic rings. The third-order valence-electron chi connectivity index (χ3n) is 7.97. The number of nitrogens with zero attached hydrogens (tertiary/aromatic N) is 3. The van der Waals surface area contributed by atoms with Crippen LogP contribution in [0.25, 0.3) is 10.9 Å². The van der Waals surface area contributed by atoms with E-state index >= 15 is 4.39 Å². The lowest BCUT2D eigenvalue weighted by atomic mass is 9.85. The number of nitrogens with one attached hydrogen (secondary N) is 2. The predicted octanol–water partition coefficient (Wildman–Crippen LogP) is 7.25. The molecule has 3 aromatic carbocycles. The smallest absolute Gasteiger partial charge is 0.196 e. The Balaban J connectivity index is 1.13. The molecule has 0 amide bonds. The van der Waals surface area contributed by atoms with Gasteiger partial charge >= 0.3 is 0 Å². The number of rotatable bonds is 14. The minimum absolute atomic E-state index is 0.0487. The summed E-state index contributed by atoms with van der Waals surface area (Å²) in [6, 6.07) is 19.2. The fourth-order valence-electron chi connectivity index (χ4n) is 5.55. The zero-order valence-corrected chi connectivity index (χ0v) is 27.3. The number of fused-ring (bicyclic) bond motifs is 1. The van der Waals surface area contributed by atoms with E-state index in [1.165, 1.54) is 36.8 Å². The SMILES string of the molecule is O=S(=O)(CCNCCCC1(c2cc3c(Nc4ccc(OCc5cccc(F)c5)c(Cl)c4)ncnc3cc2F)CC=CO1)c1ccccn1. The molecular weight excluding hydrogens is 660 g/mol. The lowest BCUT2D eigenvalue weighted by Gasteiger charge is -2.30. The highest BCUT2D eigenvalue weighted by Gasteiger charge is 2.38. The average molecular weight is 692 g/mol. The van der Waals surface area contributed by atoms with Crippen molar-refractivity contribution >= 4 is 43.8 Å². The minimum Gasteiger partial charge on any atom is -0.490 e. The number of benzene rings is 3. The van der Waals surface area contributed by atoms with E-state index in [1.54, 1.807) is 54.8 Å². The first-order valence-corrected chi connectivity index (χ1v) is 17.3. The molecule has 0 saturated carbocycles. The second-order valence-electron chi connectivity index (χ2n) is 11.3. The predicted molar refractivity (Wildman–Crippen MR) is 180 cm³/mol. The highest BCUT2D eigenvalue weighted by Crippen LogP contribution is 2.42. The van der Waals surface area contributed by atoms with Crippen molar-refractivity contribution in [1.29, 1.82) is 0 Å². The second-order valence-corrected chi connectivity index (χ2v) is 13.8. The van der Waals surface area contributed by atoms with Gasteiger partial charge in [-0.05, 0) is 79.6 Å². The lowest BCUT2D eigenvalue weighted by Crippen LogP contribution is -2.29. The summed E-state index contributed by atoms with van der Waals surface area (Å²) in [6.45, 7) is 0.917. The summed E-state index contributed by atoms with van der Waals surface area (Å²) in [5, 5.41) is 7.40. The van der Waals surface area contributed by atoms with Crippen LogP contribution in [0.1, 0.15) is 30.4 Å². The Morgan fingerprint density at radius 2 is 1.88 bits per heavy atom. The first-order chi connectivity index (χ1) is 23.2. The Morgan fingerprint density at radius 3 is 2.65 bits per heavy atom. The van der Waals surface area contributed by atoms with Gasteiger partial charge in [-0.15, -0.1) is 0 Å². The monoisotopic (exact) mass is 691 g/mol. The summed E-state index contributed by atoms with van der Waals surface area (Å²) < 4.78 is 66.1. The van der Waals surface area contributed by atoms with Crippen molar-refractivity contribution in [2.45, 2.75) is 36.5 Å². The van der Waals surface area contributed by atoms with Crippen molar-refractivity contribution in [3.05, 3.63) is 125 Å². The van der Waals surface area contributed by atoms with Crippen LogP contribution in [0.2, 0.25) is 5.02 Å². The van der Waals surface area contributed by atoms with Gasteiger partial charge in [-0.1, -0.05) is 29.8 Å². The third-order valence-corrected chi connectivity index (χ3v) is 9.88. The van der Waals surface area contributed by atoms with Gasteiger partial charge in [0.05, 0.1) is 22.6 Å². The van der Waals surface area contributed by atoms with Gasteiger partial charge in [0.15, 0.2) is 14.9 Å². The molecule has 2 N–H and O–H groups in total. The molecule has 2 aromatic heterocycles. The van der Waals surface area contributed by atoms with Gasteiger partial charge in [0, 0.05) is 41.9 Å². The van der Waals surface area contributed by atoms with Crippen LogP contribution in [0.5, 0.6) is 5.75 Å². The van der Waals surface area contributed by atoms with Crippen LogP contribution < -0.4 is 15.4 Å². The maximum absolute atomic E-state index is 15.7. The summed E-state index contributed by atoms with van der Waals surface area (Å²) in [5.74, 6) is -0.00218. The highest BCUT2D eigenvalue weighted by molar-refractivity contribution is 7.91. The second kappa shape index (κ2) is 14.6. The molecule has 248 valence electrons. The molecule has 0 radical (unpaired) electrons. The van der Waals surface area contributed by atoms with Gasteiger partial charge in [-0.25, -0.2) is 32.2 Å². The number of pyridine rings is 1. The molecule has 0 spiro atoms. The van der Waals surface area contributed by atoms with E-state index in [0.29, 0.717) is 70.1 Å². The van der Waals surface area contributed by atoms with Crippen molar-refractivity contribution < 1.29 is 26.7 Å². The number of anilines is 2. The Kier molecular flexibility index (Phi) is 10.1.